The molecule has 3 nitrogen and oxygen atoms in total. The summed E-state index contributed by atoms with van der Waals surface area (Å²) >= 11 is 0. The monoisotopic (exact) mass is 278 g/mol. The number of para-hydroxylation sites is 1. The van der Waals surface area contributed by atoms with Gasteiger partial charge in [-0.3, -0.25) is 4.79 Å². The summed E-state index contributed by atoms with van der Waals surface area (Å²) in [4.78, 5) is 14.5. The van der Waals surface area contributed by atoms with Gasteiger partial charge in [0.1, 0.15) is 5.82 Å². The minimum Gasteiger partial charge on any atom is -0.382 e. The number of anilines is 1. The number of rotatable bonds is 3. The maximum absolute atomic E-state index is 13.9. The lowest BCUT2D eigenvalue weighted by Crippen LogP contribution is -2.34. The average molecular weight is 278 g/mol. The third-order valence-electron chi connectivity index (χ3n) is 3.74. The van der Waals surface area contributed by atoms with Crippen LogP contribution in [0.5, 0.6) is 0 Å². The van der Waals surface area contributed by atoms with Crippen LogP contribution in [0.3, 0.4) is 0 Å². The molecule has 0 aliphatic carbocycles. The first-order chi connectivity index (χ1) is 9.74. The van der Waals surface area contributed by atoms with E-state index in [1.807, 2.05) is 11.8 Å². The molecular weight excluding hydrogens is 255 g/mol. The third-order valence-corrected chi connectivity index (χ3v) is 3.74. The molecule has 0 saturated carbocycles. The summed E-state index contributed by atoms with van der Waals surface area (Å²) in [5.41, 5.74) is 0.787. The quantitative estimate of drug-likeness (QED) is 0.915. The Labute approximate surface area is 120 Å². The second kappa shape index (κ2) is 7.27. The maximum atomic E-state index is 13.9. The van der Waals surface area contributed by atoms with Crippen LogP contribution in [0.25, 0.3) is 0 Å². The summed E-state index contributed by atoms with van der Waals surface area (Å²) in [5, 5.41) is 2.97. The van der Waals surface area contributed by atoms with E-state index in [2.05, 4.69) is 5.32 Å². The lowest BCUT2D eigenvalue weighted by molar-refractivity contribution is 0.0743. The molecule has 1 aliphatic heterocycles. The van der Waals surface area contributed by atoms with Gasteiger partial charge in [0.05, 0.1) is 11.3 Å². The maximum Gasteiger partial charge on any atom is 0.256 e. The predicted octanol–water partition coefficient (Wildman–Crippen LogP) is 3.66. The molecule has 0 bridgehead atoms. The molecule has 1 amide bonds. The molecule has 1 heterocycles. The van der Waals surface area contributed by atoms with E-state index in [-0.39, 0.29) is 11.7 Å². The van der Waals surface area contributed by atoms with Crippen molar-refractivity contribution in [1.29, 1.82) is 0 Å². The zero-order chi connectivity index (χ0) is 14.4. The van der Waals surface area contributed by atoms with Gasteiger partial charge in [-0.15, -0.1) is 0 Å². The van der Waals surface area contributed by atoms with Crippen molar-refractivity contribution in [2.24, 2.45) is 0 Å². The van der Waals surface area contributed by atoms with E-state index in [9.17, 15) is 9.18 Å². The number of hydrogen-bond acceptors (Lipinski definition) is 2. The van der Waals surface area contributed by atoms with Crippen molar-refractivity contribution < 1.29 is 9.18 Å². The number of nitrogens with one attached hydrogen (secondary N) is 1. The first kappa shape index (κ1) is 14.8. The average Bonchev–Trinajstić information content (AvgIpc) is 2.40. The molecule has 0 spiro atoms. The molecule has 0 atom stereocenters. The summed E-state index contributed by atoms with van der Waals surface area (Å²) < 4.78 is 13.9. The van der Waals surface area contributed by atoms with Gasteiger partial charge in [-0.2, -0.15) is 0 Å². The molecule has 0 radical (unpaired) electrons. The minimum atomic E-state index is -0.357. The zero-order valence-electron chi connectivity index (χ0n) is 12.1. The number of amides is 1. The number of carbonyl (C=O) groups excluding carboxylic acids is 1. The summed E-state index contributed by atoms with van der Waals surface area (Å²) in [5.74, 6) is -0.410. The first-order valence-corrected chi connectivity index (χ1v) is 7.55. The molecule has 1 N–H and O–H groups in total. The summed E-state index contributed by atoms with van der Waals surface area (Å²) in [6.07, 6.45) is 5.68. The highest BCUT2D eigenvalue weighted by atomic mass is 19.1. The van der Waals surface area contributed by atoms with Gasteiger partial charge in [0.15, 0.2) is 0 Å². The highest BCUT2D eigenvalue weighted by molar-refractivity contribution is 5.99. The molecule has 1 saturated heterocycles. The Morgan fingerprint density at radius 3 is 2.50 bits per heavy atom. The summed E-state index contributed by atoms with van der Waals surface area (Å²) in [6, 6.07) is 4.71. The van der Waals surface area contributed by atoms with Crippen molar-refractivity contribution >= 4 is 11.6 Å². The molecule has 0 aromatic heterocycles. The molecule has 1 fully saturated rings. The van der Waals surface area contributed by atoms with E-state index in [4.69, 9.17) is 0 Å². The highest BCUT2D eigenvalue weighted by Crippen LogP contribution is 2.22. The molecule has 2 rings (SSSR count). The van der Waals surface area contributed by atoms with Crippen LogP contribution in [0.4, 0.5) is 10.1 Å². The van der Waals surface area contributed by atoms with E-state index in [1.54, 1.807) is 12.1 Å². The van der Waals surface area contributed by atoms with Crippen LogP contribution in [0.2, 0.25) is 0 Å². The van der Waals surface area contributed by atoms with Crippen LogP contribution in [0.1, 0.15) is 49.4 Å². The molecule has 110 valence electrons. The Morgan fingerprint density at radius 1 is 1.20 bits per heavy atom. The van der Waals surface area contributed by atoms with E-state index in [0.717, 1.165) is 25.9 Å². The van der Waals surface area contributed by atoms with Gasteiger partial charge < -0.3 is 10.2 Å². The lowest BCUT2D eigenvalue weighted by atomic mass is 10.1. The Balaban J connectivity index is 2.20. The fraction of sp³-hybridized carbons (Fsp3) is 0.562. The molecule has 4 heteroatoms. The number of nitrogens with zero attached hydrogens (tertiary/aromatic N) is 1. The van der Waals surface area contributed by atoms with Crippen molar-refractivity contribution in [3.05, 3.63) is 29.6 Å². The van der Waals surface area contributed by atoms with Crippen LogP contribution < -0.4 is 5.32 Å². The van der Waals surface area contributed by atoms with E-state index >= 15 is 0 Å². The van der Waals surface area contributed by atoms with Crippen LogP contribution in [0.15, 0.2) is 18.2 Å². The van der Waals surface area contributed by atoms with Crippen LogP contribution >= 0.6 is 0 Å². The second-order valence-electron chi connectivity index (χ2n) is 5.25. The van der Waals surface area contributed by atoms with Crippen LogP contribution in [-0.2, 0) is 0 Å². The van der Waals surface area contributed by atoms with Crippen molar-refractivity contribution in [2.45, 2.75) is 39.0 Å². The number of hydrogen-bond donors (Lipinski definition) is 1. The van der Waals surface area contributed by atoms with Crippen molar-refractivity contribution in [1.82, 2.24) is 4.90 Å². The molecular formula is C16H23FN2O. The Kier molecular flexibility index (Phi) is 5.39. The van der Waals surface area contributed by atoms with Crippen LogP contribution in [0, 0.1) is 5.82 Å². The van der Waals surface area contributed by atoms with Gasteiger partial charge in [0, 0.05) is 19.6 Å². The Hall–Kier alpha value is -1.58. The van der Waals surface area contributed by atoms with Gasteiger partial charge in [-0.25, -0.2) is 4.39 Å². The van der Waals surface area contributed by atoms with Crippen molar-refractivity contribution in [3.63, 3.8) is 0 Å². The normalized spacial score (nSPS) is 16.4. The van der Waals surface area contributed by atoms with Crippen LogP contribution in [-0.4, -0.2) is 30.4 Å². The third kappa shape index (κ3) is 3.50. The van der Waals surface area contributed by atoms with Gasteiger partial charge >= 0.3 is 0 Å². The lowest BCUT2D eigenvalue weighted by Gasteiger charge is -2.26. The summed E-state index contributed by atoms with van der Waals surface area (Å²) in [6.45, 7) is 4.06. The Morgan fingerprint density at radius 2 is 1.85 bits per heavy atom. The predicted molar refractivity (Wildman–Crippen MR) is 79.6 cm³/mol. The van der Waals surface area contributed by atoms with Gasteiger partial charge in [-0.05, 0) is 31.9 Å². The molecule has 1 aromatic rings. The standard InChI is InChI=1S/C16H23FN2O/c1-2-18-15-13(9-8-10-14(15)17)16(20)19-11-6-4-3-5-7-12-19/h8-10,18H,2-7,11-12H2,1H3. The number of likely N-dealkylation sites (tertiary alicyclic amines) is 1. The zero-order valence-corrected chi connectivity index (χ0v) is 12.1. The summed E-state index contributed by atoms with van der Waals surface area (Å²) in [7, 11) is 0. The van der Waals surface area contributed by atoms with Crippen molar-refractivity contribution in [3.8, 4) is 0 Å². The minimum absolute atomic E-state index is 0.0534. The Bertz CT molecular complexity index is 454. The van der Waals surface area contributed by atoms with Gasteiger partial charge in [0.2, 0.25) is 0 Å². The first-order valence-electron chi connectivity index (χ1n) is 7.55. The topological polar surface area (TPSA) is 32.3 Å². The molecule has 1 aromatic carbocycles. The molecule has 0 unspecified atom stereocenters. The van der Waals surface area contributed by atoms with Gasteiger partial charge in [0.25, 0.3) is 5.91 Å². The van der Waals surface area contributed by atoms with E-state index < -0.39 is 0 Å². The highest BCUT2D eigenvalue weighted by Gasteiger charge is 2.21. The SMILES string of the molecule is CCNc1c(F)cccc1C(=O)N1CCCCCCC1. The number of halogens is 1. The molecule has 1 aliphatic rings. The second-order valence-corrected chi connectivity index (χ2v) is 5.25. The molecule has 20 heavy (non-hydrogen) atoms. The fourth-order valence-electron chi connectivity index (χ4n) is 2.68. The number of carbonyl (C=O) groups is 1. The van der Waals surface area contributed by atoms with E-state index in [0.29, 0.717) is 17.8 Å². The number of benzene rings is 1. The van der Waals surface area contributed by atoms with E-state index in [1.165, 1.54) is 25.3 Å². The smallest absolute Gasteiger partial charge is 0.256 e. The van der Waals surface area contributed by atoms with Crippen molar-refractivity contribution in [2.75, 3.05) is 25.0 Å². The van der Waals surface area contributed by atoms with Gasteiger partial charge in [-0.1, -0.05) is 25.3 Å². The largest absolute Gasteiger partial charge is 0.382 e. The fourth-order valence-corrected chi connectivity index (χ4v) is 2.68.